The van der Waals surface area contributed by atoms with Gasteiger partial charge in [0.25, 0.3) is 0 Å². The maximum atomic E-state index is 12.4. The fourth-order valence-electron chi connectivity index (χ4n) is 3.63. The van der Waals surface area contributed by atoms with Gasteiger partial charge in [0.05, 0.1) is 0 Å². The van der Waals surface area contributed by atoms with Crippen LogP contribution in [-0.4, -0.2) is 84.9 Å². The molecule has 3 aliphatic heterocycles. The van der Waals surface area contributed by atoms with Gasteiger partial charge in [-0.2, -0.15) is 0 Å². The van der Waals surface area contributed by atoms with Gasteiger partial charge in [0, 0.05) is 51.4 Å². The van der Waals surface area contributed by atoms with Crippen molar-refractivity contribution in [2.24, 2.45) is 0 Å². The molecule has 1 N–H and O–H groups in total. The number of carbonyl (C=O) groups is 2. The van der Waals surface area contributed by atoms with E-state index < -0.39 is 0 Å². The molecule has 3 rings (SSSR count). The van der Waals surface area contributed by atoms with Crippen molar-refractivity contribution in [3.8, 4) is 0 Å². The van der Waals surface area contributed by atoms with Crippen molar-refractivity contribution in [1.82, 2.24) is 20.0 Å². The molecule has 3 heterocycles. The number of carbonyl (C=O) groups excluding carboxylic acids is 2. The molecule has 2 amide bonds. The number of likely N-dealkylation sites (N-methyl/N-ethyl adjacent to an activating group) is 1. The second-order valence-corrected chi connectivity index (χ2v) is 6.13. The van der Waals surface area contributed by atoms with E-state index in [4.69, 9.17) is 0 Å². The Morgan fingerprint density at radius 3 is 2.30 bits per heavy atom. The van der Waals surface area contributed by atoms with Gasteiger partial charge in [0.1, 0.15) is 0 Å². The summed E-state index contributed by atoms with van der Waals surface area (Å²) in [5, 5.41) is 3.20. The van der Waals surface area contributed by atoms with Crippen LogP contribution in [-0.2, 0) is 9.59 Å². The molecule has 3 fully saturated rings. The Balaban J connectivity index is 1.63. The number of nitrogens with zero attached hydrogens (tertiary/aromatic N) is 3. The predicted octanol–water partition coefficient (Wildman–Crippen LogP) is -0.887. The van der Waals surface area contributed by atoms with Crippen molar-refractivity contribution in [3.05, 3.63) is 0 Å². The molecule has 6 nitrogen and oxygen atoms in total. The Labute approximate surface area is 120 Å². The van der Waals surface area contributed by atoms with Gasteiger partial charge in [-0.25, -0.2) is 0 Å². The van der Waals surface area contributed by atoms with Gasteiger partial charge in [-0.15, -0.1) is 0 Å². The summed E-state index contributed by atoms with van der Waals surface area (Å²) in [6.45, 7) is 4.29. The SMILES string of the molecule is CN1C2CCC1CN(C(=O)C(=O)N1CCNCC1)CC2. The largest absolute Gasteiger partial charge is 0.333 e. The highest BCUT2D eigenvalue weighted by Gasteiger charge is 2.38. The van der Waals surface area contributed by atoms with Crippen LogP contribution in [0.1, 0.15) is 19.3 Å². The van der Waals surface area contributed by atoms with Gasteiger partial charge in [-0.1, -0.05) is 0 Å². The number of rotatable bonds is 0. The standard InChI is InChI=1S/C14H24N4O2/c1-16-11-2-3-12(16)10-18(7-4-11)14(20)13(19)17-8-5-15-6-9-17/h11-12,15H,2-10H2,1H3. The van der Waals surface area contributed by atoms with Crippen LogP contribution in [0, 0.1) is 0 Å². The zero-order valence-corrected chi connectivity index (χ0v) is 12.2. The predicted molar refractivity (Wildman–Crippen MR) is 75.2 cm³/mol. The van der Waals surface area contributed by atoms with E-state index >= 15 is 0 Å². The smallest absolute Gasteiger partial charge is 0.312 e. The van der Waals surface area contributed by atoms with E-state index in [0.717, 1.165) is 32.5 Å². The van der Waals surface area contributed by atoms with Gasteiger partial charge in [-0.3, -0.25) is 14.5 Å². The summed E-state index contributed by atoms with van der Waals surface area (Å²) in [6, 6.07) is 1.02. The molecule has 2 unspecified atom stereocenters. The second-order valence-electron chi connectivity index (χ2n) is 6.13. The van der Waals surface area contributed by atoms with Gasteiger partial charge in [0.2, 0.25) is 0 Å². The molecular formula is C14H24N4O2. The van der Waals surface area contributed by atoms with Crippen molar-refractivity contribution in [2.45, 2.75) is 31.3 Å². The minimum absolute atomic E-state index is 0.298. The Bertz CT molecular complexity index is 395. The first-order valence-corrected chi connectivity index (χ1v) is 7.67. The van der Waals surface area contributed by atoms with Crippen molar-refractivity contribution in [2.75, 3.05) is 46.3 Å². The Morgan fingerprint density at radius 2 is 1.55 bits per heavy atom. The zero-order valence-electron chi connectivity index (χ0n) is 12.2. The van der Waals surface area contributed by atoms with E-state index in [1.165, 1.54) is 6.42 Å². The molecular weight excluding hydrogens is 256 g/mol. The minimum atomic E-state index is -0.313. The summed E-state index contributed by atoms with van der Waals surface area (Å²) in [5.74, 6) is -0.611. The number of amides is 2. The summed E-state index contributed by atoms with van der Waals surface area (Å²) >= 11 is 0. The van der Waals surface area contributed by atoms with E-state index in [0.29, 0.717) is 31.7 Å². The molecule has 0 radical (unpaired) electrons. The van der Waals surface area contributed by atoms with Gasteiger partial charge < -0.3 is 15.1 Å². The van der Waals surface area contributed by atoms with Crippen LogP contribution in [0.2, 0.25) is 0 Å². The Hall–Kier alpha value is -1.14. The Morgan fingerprint density at radius 1 is 0.900 bits per heavy atom. The van der Waals surface area contributed by atoms with E-state index in [9.17, 15) is 9.59 Å². The minimum Gasteiger partial charge on any atom is -0.333 e. The number of hydrogen-bond donors (Lipinski definition) is 1. The average molecular weight is 280 g/mol. The van der Waals surface area contributed by atoms with E-state index in [-0.39, 0.29) is 11.8 Å². The molecule has 0 aliphatic carbocycles. The topological polar surface area (TPSA) is 55.9 Å². The normalized spacial score (nSPS) is 31.2. The van der Waals surface area contributed by atoms with Crippen molar-refractivity contribution in [1.29, 1.82) is 0 Å². The molecule has 3 saturated heterocycles. The summed E-state index contributed by atoms with van der Waals surface area (Å²) in [5.41, 5.74) is 0. The molecule has 3 aliphatic rings. The van der Waals surface area contributed by atoms with Gasteiger partial charge in [-0.05, 0) is 26.3 Å². The summed E-state index contributed by atoms with van der Waals surface area (Å²) < 4.78 is 0. The third kappa shape index (κ3) is 2.54. The molecule has 0 aromatic carbocycles. The lowest BCUT2D eigenvalue weighted by molar-refractivity contribution is -0.152. The highest BCUT2D eigenvalue weighted by atomic mass is 16.2. The molecule has 20 heavy (non-hydrogen) atoms. The number of hydrogen-bond acceptors (Lipinski definition) is 4. The van der Waals surface area contributed by atoms with Crippen LogP contribution in [0.3, 0.4) is 0 Å². The summed E-state index contributed by atoms with van der Waals surface area (Å²) in [4.78, 5) is 30.6. The molecule has 0 aromatic rings. The molecule has 2 bridgehead atoms. The summed E-state index contributed by atoms with van der Waals surface area (Å²) in [7, 11) is 2.15. The van der Waals surface area contributed by atoms with Gasteiger partial charge in [0.15, 0.2) is 0 Å². The first-order valence-electron chi connectivity index (χ1n) is 7.67. The number of piperazine rings is 1. The monoisotopic (exact) mass is 280 g/mol. The number of likely N-dealkylation sites (tertiary alicyclic amines) is 1. The molecule has 0 aromatic heterocycles. The van der Waals surface area contributed by atoms with E-state index in [1.807, 2.05) is 0 Å². The fraction of sp³-hybridized carbons (Fsp3) is 0.857. The lowest BCUT2D eigenvalue weighted by Crippen LogP contribution is -2.53. The molecule has 0 saturated carbocycles. The van der Waals surface area contributed by atoms with Crippen LogP contribution >= 0.6 is 0 Å². The van der Waals surface area contributed by atoms with Crippen LogP contribution in [0.15, 0.2) is 0 Å². The third-order valence-corrected chi connectivity index (χ3v) is 5.02. The fourth-order valence-corrected chi connectivity index (χ4v) is 3.63. The summed E-state index contributed by atoms with van der Waals surface area (Å²) in [6.07, 6.45) is 3.37. The number of nitrogens with one attached hydrogen (secondary N) is 1. The van der Waals surface area contributed by atoms with E-state index in [1.54, 1.807) is 9.80 Å². The second kappa shape index (κ2) is 5.69. The van der Waals surface area contributed by atoms with Crippen LogP contribution in [0.4, 0.5) is 0 Å². The van der Waals surface area contributed by atoms with Crippen LogP contribution < -0.4 is 5.32 Å². The highest BCUT2D eigenvalue weighted by molar-refractivity contribution is 6.34. The van der Waals surface area contributed by atoms with Gasteiger partial charge >= 0.3 is 11.8 Å². The first kappa shape index (κ1) is 13.8. The quantitative estimate of drug-likeness (QED) is 0.585. The number of fused-ring (bicyclic) bond motifs is 2. The van der Waals surface area contributed by atoms with Crippen LogP contribution in [0.25, 0.3) is 0 Å². The van der Waals surface area contributed by atoms with Crippen molar-refractivity contribution < 1.29 is 9.59 Å². The zero-order chi connectivity index (χ0) is 14.1. The molecule has 2 atom stereocenters. The first-order chi connectivity index (χ1) is 9.66. The average Bonchev–Trinajstić information content (AvgIpc) is 2.72. The molecule has 0 spiro atoms. The molecule has 112 valence electrons. The third-order valence-electron chi connectivity index (χ3n) is 5.02. The molecule has 6 heteroatoms. The Kier molecular flexibility index (Phi) is 3.94. The highest BCUT2D eigenvalue weighted by Crippen LogP contribution is 2.28. The van der Waals surface area contributed by atoms with Crippen molar-refractivity contribution in [3.63, 3.8) is 0 Å². The lowest BCUT2D eigenvalue weighted by atomic mass is 10.1. The van der Waals surface area contributed by atoms with E-state index in [2.05, 4.69) is 17.3 Å². The van der Waals surface area contributed by atoms with Crippen LogP contribution in [0.5, 0.6) is 0 Å². The maximum absolute atomic E-state index is 12.4. The lowest BCUT2D eigenvalue weighted by Gasteiger charge is -2.30. The maximum Gasteiger partial charge on any atom is 0.312 e. The van der Waals surface area contributed by atoms with Crippen molar-refractivity contribution >= 4 is 11.8 Å².